The number of benzene rings is 2. The van der Waals surface area contributed by atoms with E-state index in [1.165, 1.54) is 22.7 Å². The highest BCUT2D eigenvalue weighted by molar-refractivity contribution is 8.01. The number of carbonyl (C=O) groups excluding carboxylic acids is 3. The molecule has 6 nitrogen and oxygen atoms in total. The quantitative estimate of drug-likeness (QED) is 0.761. The zero-order valence-electron chi connectivity index (χ0n) is 16.6. The molecule has 1 atom stereocenters. The molecule has 156 valence electrons. The van der Waals surface area contributed by atoms with Gasteiger partial charge in [-0.15, -0.1) is 11.8 Å². The lowest BCUT2D eigenvalue weighted by Gasteiger charge is -2.34. The molecule has 3 amide bonds. The van der Waals surface area contributed by atoms with E-state index in [0.29, 0.717) is 30.0 Å². The van der Waals surface area contributed by atoms with Crippen molar-refractivity contribution in [3.63, 3.8) is 0 Å². The van der Waals surface area contributed by atoms with Gasteiger partial charge in [0.25, 0.3) is 5.91 Å². The van der Waals surface area contributed by atoms with Crippen LogP contribution < -0.4 is 10.2 Å². The summed E-state index contributed by atoms with van der Waals surface area (Å²) in [5, 5.41) is 1.73. The summed E-state index contributed by atoms with van der Waals surface area (Å²) in [6.45, 7) is 2.70. The third-order valence-electron chi connectivity index (χ3n) is 5.29. The van der Waals surface area contributed by atoms with E-state index < -0.39 is 22.9 Å². The van der Waals surface area contributed by atoms with Gasteiger partial charge in [0.05, 0.1) is 5.69 Å². The molecule has 1 unspecified atom stereocenters. The molecule has 2 aromatic rings. The topological polar surface area (TPSA) is 69.7 Å². The van der Waals surface area contributed by atoms with Gasteiger partial charge in [-0.05, 0) is 49.6 Å². The van der Waals surface area contributed by atoms with E-state index in [9.17, 15) is 18.8 Å². The number of anilines is 2. The van der Waals surface area contributed by atoms with Crippen LogP contribution >= 0.6 is 11.8 Å². The minimum absolute atomic E-state index is 0.206. The third kappa shape index (κ3) is 4.05. The van der Waals surface area contributed by atoms with E-state index in [4.69, 9.17) is 0 Å². The predicted molar refractivity (Wildman–Crippen MR) is 114 cm³/mol. The monoisotopic (exact) mass is 427 g/mol. The summed E-state index contributed by atoms with van der Waals surface area (Å²) in [6.07, 6.45) is 1.88. The summed E-state index contributed by atoms with van der Waals surface area (Å²) in [6, 6.07) is 11.7. The Kier molecular flexibility index (Phi) is 5.76. The van der Waals surface area contributed by atoms with Gasteiger partial charge < -0.3 is 15.1 Å². The highest BCUT2D eigenvalue weighted by Gasteiger charge is 2.41. The van der Waals surface area contributed by atoms with E-state index in [2.05, 4.69) is 5.32 Å². The minimum Gasteiger partial charge on any atom is -0.341 e. The Morgan fingerprint density at radius 2 is 1.90 bits per heavy atom. The molecular weight excluding hydrogens is 405 g/mol. The average Bonchev–Trinajstić information content (AvgIpc) is 3.27. The first kappa shape index (κ1) is 20.4. The average molecular weight is 428 g/mol. The summed E-state index contributed by atoms with van der Waals surface area (Å²) < 4.78 is 13.8. The maximum atomic E-state index is 13.8. The fourth-order valence-electron chi connectivity index (χ4n) is 3.65. The Bertz CT molecular complexity index is 1010. The van der Waals surface area contributed by atoms with Crippen molar-refractivity contribution in [2.75, 3.05) is 29.9 Å². The number of rotatable bonds is 4. The number of hydrogen-bond acceptors (Lipinski definition) is 4. The zero-order valence-corrected chi connectivity index (χ0v) is 17.4. The lowest BCUT2D eigenvalue weighted by Crippen LogP contribution is -2.51. The molecular formula is C22H22FN3O3S. The van der Waals surface area contributed by atoms with Crippen LogP contribution in [0.3, 0.4) is 0 Å². The number of nitrogens with one attached hydrogen (secondary N) is 1. The molecule has 2 aromatic carbocycles. The predicted octanol–water partition coefficient (Wildman–Crippen LogP) is 3.20. The van der Waals surface area contributed by atoms with Crippen LogP contribution in [0.2, 0.25) is 0 Å². The van der Waals surface area contributed by atoms with Gasteiger partial charge in [-0.1, -0.05) is 18.2 Å². The van der Waals surface area contributed by atoms with Crippen LogP contribution in [0.1, 0.15) is 18.4 Å². The SMILES string of the molecule is Cc1ccc(NC(=O)CN2C(=O)C(C(=O)N3CCCC3)Sc3ccccc32)cc1F. The molecule has 0 radical (unpaired) electrons. The van der Waals surface area contributed by atoms with Gasteiger partial charge in [-0.25, -0.2) is 4.39 Å². The molecule has 2 aliphatic rings. The Labute approximate surface area is 178 Å². The highest BCUT2D eigenvalue weighted by atomic mass is 32.2. The number of amides is 3. The lowest BCUT2D eigenvalue weighted by atomic mass is 10.2. The Hall–Kier alpha value is -2.87. The molecule has 1 saturated heterocycles. The van der Waals surface area contributed by atoms with Crippen molar-refractivity contribution in [1.29, 1.82) is 0 Å². The van der Waals surface area contributed by atoms with E-state index in [-0.39, 0.29) is 12.5 Å². The molecule has 0 saturated carbocycles. The number of nitrogens with zero attached hydrogens (tertiary/aromatic N) is 2. The number of halogens is 1. The third-order valence-corrected chi connectivity index (χ3v) is 6.53. The largest absolute Gasteiger partial charge is 0.341 e. The molecule has 0 aliphatic carbocycles. The summed E-state index contributed by atoms with van der Waals surface area (Å²) in [5.41, 5.74) is 1.40. The van der Waals surface area contributed by atoms with Crippen LogP contribution in [0.4, 0.5) is 15.8 Å². The summed E-state index contributed by atoms with van der Waals surface area (Å²) >= 11 is 1.23. The van der Waals surface area contributed by atoms with Crippen molar-refractivity contribution in [2.24, 2.45) is 0 Å². The van der Waals surface area contributed by atoms with Gasteiger partial charge in [0, 0.05) is 23.7 Å². The van der Waals surface area contributed by atoms with Gasteiger partial charge in [-0.3, -0.25) is 14.4 Å². The second-order valence-electron chi connectivity index (χ2n) is 7.43. The van der Waals surface area contributed by atoms with Crippen LogP contribution in [0.5, 0.6) is 0 Å². The number of hydrogen-bond donors (Lipinski definition) is 1. The van der Waals surface area contributed by atoms with Gasteiger partial charge >= 0.3 is 0 Å². The molecule has 8 heteroatoms. The van der Waals surface area contributed by atoms with Crippen LogP contribution in [0.15, 0.2) is 47.4 Å². The van der Waals surface area contributed by atoms with Crippen molar-refractivity contribution in [3.05, 3.63) is 53.8 Å². The molecule has 1 N–H and O–H groups in total. The van der Waals surface area contributed by atoms with Crippen molar-refractivity contribution < 1.29 is 18.8 Å². The number of likely N-dealkylation sites (tertiary alicyclic amines) is 1. The first-order chi connectivity index (χ1) is 14.4. The maximum Gasteiger partial charge on any atom is 0.250 e. The molecule has 2 heterocycles. The van der Waals surface area contributed by atoms with Gasteiger partial charge in [0.1, 0.15) is 12.4 Å². The molecule has 1 fully saturated rings. The van der Waals surface area contributed by atoms with Crippen LogP contribution in [0.25, 0.3) is 0 Å². The lowest BCUT2D eigenvalue weighted by molar-refractivity contribution is -0.134. The van der Waals surface area contributed by atoms with E-state index >= 15 is 0 Å². The normalized spacial score (nSPS) is 18.3. The van der Waals surface area contributed by atoms with Crippen molar-refractivity contribution in [2.45, 2.75) is 29.9 Å². The number of fused-ring (bicyclic) bond motifs is 1. The van der Waals surface area contributed by atoms with Crippen molar-refractivity contribution in [3.8, 4) is 0 Å². The van der Waals surface area contributed by atoms with E-state index in [1.54, 1.807) is 36.1 Å². The number of para-hydroxylation sites is 1. The summed E-state index contributed by atoms with van der Waals surface area (Å²) in [7, 11) is 0. The molecule has 30 heavy (non-hydrogen) atoms. The van der Waals surface area contributed by atoms with E-state index in [0.717, 1.165) is 17.7 Å². The fourth-order valence-corrected chi connectivity index (χ4v) is 4.84. The van der Waals surface area contributed by atoms with Crippen LogP contribution in [-0.4, -0.2) is 47.5 Å². The van der Waals surface area contributed by atoms with Crippen molar-refractivity contribution in [1.82, 2.24) is 4.90 Å². The van der Waals surface area contributed by atoms with Gasteiger partial charge in [-0.2, -0.15) is 0 Å². The number of aryl methyl sites for hydroxylation is 1. The van der Waals surface area contributed by atoms with Crippen LogP contribution in [0, 0.1) is 12.7 Å². The summed E-state index contributed by atoms with van der Waals surface area (Å²) in [5.74, 6) is -1.48. The number of carbonyl (C=O) groups is 3. The van der Waals surface area contributed by atoms with Gasteiger partial charge in [0.2, 0.25) is 11.8 Å². The smallest absolute Gasteiger partial charge is 0.250 e. The molecule has 0 bridgehead atoms. The first-order valence-corrected chi connectivity index (χ1v) is 10.7. The standard InChI is InChI=1S/C22H22FN3O3S/c1-14-8-9-15(12-16(14)23)24-19(27)13-26-17-6-2-3-7-18(17)30-20(22(26)29)21(28)25-10-4-5-11-25/h2-3,6-9,12,20H,4-5,10-11,13H2,1H3,(H,24,27). The highest BCUT2D eigenvalue weighted by Crippen LogP contribution is 2.40. The van der Waals surface area contributed by atoms with Crippen LogP contribution in [-0.2, 0) is 14.4 Å². The Morgan fingerprint density at radius 3 is 2.63 bits per heavy atom. The Morgan fingerprint density at radius 1 is 1.17 bits per heavy atom. The van der Waals surface area contributed by atoms with Crippen molar-refractivity contribution >= 4 is 40.9 Å². The first-order valence-electron chi connectivity index (χ1n) is 9.86. The van der Waals surface area contributed by atoms with Gasteiger partial charge in [0.15, 0.2) is 5.25 Å². The molecule has 2 aliphatic heterocycles. The minimum atomic E-state index is -0.900. The zero-order chi connectivity index (χ0) is 21.3. The molecule has 0 aromatic heterocycles. The molecule has 4 rings (SSSR count). The van der Waals surface area contributed by atoms with E-state index in [1.807, 2.05) is 12.1 Å². The summed E-state index contributed by atoms with van der Waals surface area (Å²) in [4.78, 5) is 42.6. The number of thioether (sulfide) groups is 1. The fraction of sp³-hybridized carbons (Fsp3) is 0.318. The second kappa shape index (κ2) is 8.47. The Balaban J connectivity index is 1.55. The maximum absolute atomic E-state index is 13.8. The second-order valence-corrected chi connectivity index (χ2v) is 8.58. The molecule has 0 spiro atoms.